The lowest BCUT2D eigenvalue weighted by molar-refractivity contribution is 0.128. The minimum atomic E-state index is -0.454. The standard InChI is InChI=1S/C16H22N2O/c1-11(2)16(8-9-16)18-15(12(3)19)14-6-4-13(10-17)5-7-14/h4-7,11-12,15,18-19H,8-9H2,1-3H3. The lowest BCUT2D eigenvalue weighted by Gasteiger charge is -2.30. The second-order valence-corrected chi connectivity index (χ2v) is 5.91. The first kappa shape index (κ1) is 14.0. The van der Waals surface area contributed by atoms with Crippen molar-refractivity contribution < 1.29 is 5.11 Å². The van der Waals surface area contributed by atoms with Crippen molar-refractivity contribution in [3.63, 3.8) is 0 Å². The molecule has 1 saturated carbocycles. The number of hydrogen-bond acceptors (Lipinski definition) is 3. The van der Waals surface area contributed by atoms with Crippen molar-refractivity contribution in [3.8, 4) is 6.07 Å². The second kappa shape index (κ2) is 5.32. The molecule has 0 spiro atoms. The van der Waals surface area contributed by atoms with Crippen molar-refractivity contribution >= 4 is 0 Å². The highest BCUT2D eigenvalue weighted by Crippen LogP contribution is 2.44. The topological polar surface area (TPSA) is 56.0 Å². The molecule has 1 fully saturated rings. The van der Waals surface area contributed by atoms with Crippen molar-refractivity contribution in [3.05, 3.63) is 35.4 Å². The molecule has 0 amide bonds. The first-order chi connectivity index (χ1) is 8.98. The Hall–Kier alpha value is -1.37. The van der Waals surface area contributed by atoms with Crippen LogP contribution in [0.5, 0.6) is 0 Å². The van der Waals surface area contributed by atoms with Gasteiger partial charge in [0.05, 0.1) is 23.8 Å². The third kappa shape index (κ3) is 2.97. The maximum Gasteiger partial charge on any atom is 0.0991 e. The van der Waals surface area contributed by atoms with Gasteiger partial charge in [0.1, 0.15) is 0 Å². The highest BCUT2D eigenvalue weighted by molar-refractivity contribution is 5.33. The molecule has 0 aromatic heterocycles. The Bertz CT molecular complexity index is 467. The Morgan fingerprint density at radius 2 is 1.79 bits per heavy atom. The van der Waals surface area contributed by atoms with Crippen LogP contribution in [0.1, 0.15) is 50.8 Å². The fourth-order valence-corrected chi connectivity index (χ4v) is 2.58. The zero-order chi connectivity index (χ0) is 14.0. The van der Waals surface area contributed by atoms with Crippen LogP contribution in [-0.4, -0.2) is 16.7 Å². The highest BCUT2D eigenvalue weighted by atomic mass is 16.3. The van der Waals surface area contributed by atoms with Crippen LogP contribution in [0.2, 0.25) is 0 Å². The van der Waals surface area contributed by atoms with E-state index in [4.69, 9.17) is 5.26 Å². The molecule has 3 heteroatoms. The number of hydrogen-bond donors (Lipinski definition) is 2. The van der Waals surface area contributed by atoms with E-state index in [9.17, 15) is 5.11 Å². The van der Waals surface area contributed by atoms with Crippen molar-refractivity contribution in [1.82, 2.24) is 5.32 Å². The van der Waals surface area contributed by atoms with Gasteiger partial charge in [-0.1, -0.05) is 26.0 Å². The average Bonchev–Trinajstić information content (AvgIpc) is 3.17. The average molecular weight is 258 g/mol. The Balaban J connectivity index is 2.18. The highest BCUT2D eigenvalue weighted by Gasteiger charge is 2.47. The third-order valence-corrected chi connectivity index (χ3v) is 4.22. The molecule has 0 aliphatic heterocycles. The van der Waals surface area contributed by atoms with Crippen LogP contribution in [0, 0.1) is 17.2 Å². The van der Waals surface area contributed by atoms with E-state index in [1.54, 1.807) is 12.1 Å². The van der Waals surface area contributed by atoms with Crippen LogP contribution in [0.4, 0.5) is 0 Å². The summed E-state index contributed by atoms with van der Waals surface area (Å²) in [5, 5.41) is 22.5. The van der Waals surface area contributed by atoms with E-state index in [-0.39, 0.29) is 11.6 Å². The van der Waals surface area contributed by atoms with Gasteiger partial charge in [-0.25, -0.2) is 0 Å². The molecule has 2 unspecified atom stereocenters. The molecule has 19 heavy (non-hydrogen) atoms. The van der Waals surface area contributed by atoms with Crippen LogP contribution >= 0.6 is 0 Å². The number of nitrogens with zero attached hydrogens (tertiary/aromatic N) is 1. The van der Waals surface area contributed by atoms with Crippen LogP contribution in [0.15, 0.2) is 24.3 Å². The largest absolute Gasteiger partial charge is 0.391 e. The molecule has 0 bridgehead atoms. The number of rotatable bonds is 5. The van der Waals surface area contributed by atoms with Gasteiger partial charge in [0.2, 0.25) is 0 Å². The van der Waals surface area contributed by atoms with Gasteiger partial charge in [0.15, 0.2) is 0 Å². The Labute approximate surface area is 115 Å². The van der Waals surface area contributed by atoms with Gasteiger partial charge in [-0.2, -0.15) is 5.26 Å². The minimum absolute atomic E-state index is 0.0716. The summed E-state index contributed by atoms with van der Waals surface area (Å²) in [4.78, 5) is 0. The lowest BCUT2D eigenvalue weighted by Crippen LogP contribution is -2.42. The SMILES string of the molecule is CC(O)C(NC1(C(C)C)CC1)c1ccc(C#N)cc1. The number of benzene rings is 1. The van der Waals surface area contributed by atoms with E-state index in [1.807, 2.05) is 19.1 Å². The van der Waals surface area contributed by atoms with Crippen LogP contribution in [0.25, 0.3) is 0 Å². The Kier molecular flexibility index (Phi) is 3.93. The molecule has 102 valence electrons. The molecule has 1 aromatic carbocycles. The van der Waals surface area contributed by atoms with E-state index in [2.05, 4.69) is 25.2 Å². The molecular formula is C16H22N2O. The van der Waals surface area contributed by atoms with Crippen molar-refractivity contribution in [2.24, 2.45) is 5.92 Å². The predicted octanol–water partition coefficient (Wildman–Crippen LogP) is 2.76. The van der Waals surface area contributed by atoms with Gasteiger partial charge >= 0.3 is 0 Å². The Morgan fingerprint density at radius 3 is 2.16 bits per heavy atom. The minimum Gasteiger partial charge on any atom is -0.391 e. The molecule has 2 rings (SSSR count). The zero-order valence-electron chi connectivity index (χ0n) is 11.9. The van der Waals surface area contributed by atoms with Crippen LogP contribution in [-0.2, 0) is 0 Å². The number of aliphatic hydroxyl groups is 1. The van der Waals surface area contributed by atoms with Gasteiger partial charge in [-0.15, -0.1) is 0 Å². The van der Waals surface area contributed by atoms with Gasteiger partial charge in [0, 0.05) is 5.54 Å². The lowest BCUT2D eigenvalue weighted by atomic mass is 9.95. The Morgan fingerprint density at radius 1 is 1.21 bits per heavy atom. The molecule has 1 aromatic rings. The van der Waals surface area contributed by atoms with E-state index >= 15 is 0 Å². The fraction of sp³-hybridized carbons (Fsp3) is 0.562. The smallest absolute Gasteiger partial charge is 0.0991 e. The van der Waals surface area contributed by atoms with Crippen LogP contribution < -0.4 is 5.32 Å². The van der Waals surface area contributed by atoms with Crippen molar-refractivity contribution in [2.45, 2.75) is 51.3 Å². The number of nitrogens with one attached hydrogen (secondary N) is 1. The van der Waals surface area contributed by atoms with E-state index in [1.165, 1.54) is 12.8 Å². The maximum absolute atomic E-state index is 10.0. The summed E-state index contributed by atoms with van der Waals surface area (Å²) in [6, 6.07) is 9.52. The summed E-state index contributed by atoms with van der Waals surface area (Å²) in [7, 11) is 0. The molecule has 0 radical (unpaired) electrons. The normalized spacial score (nSPS) is 19.8. The molecule has 0 saturated heterocycles. The molecule has 1 aliphatic carbocycles. The number of aliphatic hydroxyl groups excluding tert-OH is 1. The van der Waals surface area contributed by atoms with Gasteiger partial charge in [-0.3, -0.25) is 0 Å². The maximum atomic E-state index is 10.0. The zero-order valence-corrected chi connectivity index (χ0v) is 11.9. The molecule has 2 atom stereocenters. The first-order valence-electron chi connectivity index (χ1n) is 6.94. The predicted molar refractivity (Wildman–Crippen MR) is 75.5 cm³/mol. The molecule has 1 aliphatic rings. The van der Waals surface area contributed by atoms with Crippen molar-refractivity contribution in [1.29, 1.82) is 5.26 Å². The summed E-state index contributed by atoms with van der Waals surface area (Å²) in [5.41, 5.74) is 1.87. The summed E-state index contributed by atoms with van der Waals surface area (Å²) in [5.74, 6) is 0.562. The van der Waals surface area contributed by atoms with E-state index in [0.717, 1.165) is 5.56 Å². The summed E-state index contributed by atoms with van der Waals surface area (Å²) in [6.45, 7) is 6.25. The molecule has 0 heterocycles. The summed E-state index contributed by atoms with van der Waals surface area (Å²) < 4.78 is 0. The van der Waals surface area contributed by atoms with Gasteiger partial charge in [0.25, 0.3) is 0 Å². The molecule has 3 nitrogen and oxygen atoms in total. The quantitative estimate of drug-likeness (QED) is 0.854. The second-order valence-electron chi connectivity index (χ2n) is 5.91. The van der Waals surface area contributed by atoms with E-state index in [0.29, 0.717) is 11.5 Å². The number of nitriles is 1. The fourth-order valence-electron chi connectivity index (χ4n) is 2.58. The summed E-state index contributed by atoms with van der Waals surface area (Å²) in [6.07, 6.45) is 1.89. The summed E-state index contributed by atoms with van der Waals surface area (Å²) >= 11 is 0. The first-order valence-corrected chi connectivity index (χ1v) is 6.94. The van der Waals surface area contributed by atoms with Gasteiger partial charge in [-0.05, 0) is 43.4 Å². The molecular weight excluding hydrogens is 236 g/mol. The van der Waals surface area contributed by atoms with Crippen molar-refractivity contribution in [2.75, 3.05) is 0 Å². The monoisotopic (exact) mass is 258 g/mol. The van der Waals surface area contributed by atoms with Crippen LogP contribution in [0.3, 0.4) is 0 Å². The molecule has 2 N–H and O–H groups in total. The third-order valence-electron chi connectivity index (χ3n) is 4.22. The van der Waals surface area contributed by atoms with E-state index < -0.39 is 6.10 Å². The van der Waals surface area contributed by atoms with Gasteiger partial charge < -0.3 is 10.4 Å².